The standard InChI is InChI=1S/C15H24N2O/c1-11-5-4-6-14(9-11)15(13(3)16)17-7-8-18-12(2)10-17/h4-6,9,12-13,15H,7-8,10,16H2,1-3H3. The van der Waals surface area contributed by atoms with Crippen molar-refractivity contribution in [2.24, 2.45) is 5.73 Å². The summed E-state index contributed by atoms with van der Waals surface area (Å²) in [5, 5.41) is 0. The second kappa shape index (κ2) is 5.83. The van der Waals surface area contributed by atoms with Gasteiger partial charge in [-0.05, 0) is 26.3 Å². The van der Waals surface area contributed by atoms with Crippen LogP contribution in [-0.4, -0.2) is 36.7 Å². The monoisotopic (exact) mass is 248 g/mol. The molecule has 3 nitrogen and oxygen atoms in total. The molecule has 2 rings (SSSR count). The summed E-state index contributed by atoms with van der Waals surface area (Å²) in [6, 6.07) is 9.08. The number of ether oxygens (including phenoxy) is 1. The highest BCUT2D eigenvalue weighted by Gasteiger charge is 2.28. The fourth-order valence-corrected chi connectivity index (χ4v) is 2.80. The molecule has 100 valence electrons. The number of rotatable bonds is 3. The number of hydrogen-bond donors (Lipinski definition) is 1. The van der Waals surface area contributed by atoms with Gasteiger partial charge < -0.3 is 10.5 Å². The van der Waals surface area contributed by atoms with Crippen LogP contribution >= 0.6 is 0 Å². The summed E-state index contributed by atoms with van der Waals surface area (Å²) in [5.74, 6) is 0. The summed E-state index contributed by atoms with van der Waals surface area (Å²) in [4.78, 5) is 2.45. The van der Waals surface area contributed by atoms with Gasteiger partial charge in [-0.15, -0.1) is 0 Å². The summed E-state index contributed by atoms with van der Waals surface area (Å²) < 4.78 is 5.62. The summed E-state index contributed by atoms with van der Waals surface area (Å²) in [5.41, 5.74) is 8.82. The summed E-state index contributed by atoms with van der Waals surface area (Å²) in [7, 11) is 0. The zero-order valence-corrected chi connectivity index (χ0v) is 11.6. The van der Waals surface area contributed by atoms with Gasteiger partial charge in [0, 0.05) is 25.2 Å². The van der Waals surface area contributed by atoms with Gasteiger partial charge in [-0.3, -0.25) is 4.90 Å². The first-order chi connectivity index (χ1) is 8.58. The van der Waals surface area contributed by atoms with Gasteiger partial charge >= 0.3 is 0 Å². The normalized spacial score (nSPS) is 24.8. The molecule has 1 fully saturated rings. The minimum absolute atomic E-state index is 0.122. The lowest BCUT2D eigenvalue weighted by molar-refractivity contribution is -0.0376. The van der Waals surface area contributed by atoms with Crippen molar-refractivity contribution in [1.29, 1.82) is 0 Å². The lowest BCUT2D eigenvalue weighted by Gasteiger charge is -2.39. The molecule has 1 aliphatic rings. The van der Waals surface area contributed by atoms with Crippen LogP contribution in [0.15, 0.2) is 24.3 Å². The lowest BCUT2D eigenvalue weighted by atomic mass is 9.97. The second-order valence-corrected chi connectivity index (χ2v) is 5.39. The second-order valence-electron chi connectivity index (χ2n) is 5.39. The molecular formula is C15H24N2O. The molecule has 0 amide bonds. The first-order valence-corrected chi connectivity index (χ1v) is 6.75. The minimum Gasteiger partial charge on any atom is -0.376 e. The molecule has 0 radical (unpaired) electrons. The topological polar surface area (TPSA) is 38.5 Å². The van der Waals surface area contributed by atoms with Gasteiger partial charge in [0.2, 0.25) is 0 Å². The Morgan fingerprint density at radius 3 is 2.83 bits per heavy atom. The summed E-state index contributed by atoms with van der Waals surface area (Å²) in [6.45, 7) is 9.07. The molecule has 0 spiro atoms. The first-order valence-electron chi connectivity index (χ1n) is 6.75. The van der Waals surface area contributed by atoms with E-state index in [4.69, 9.17) is 10.5 Å². The molecule has 0 saturated carbocycles. The molecule has 0 bridgehead atoms. The zero-order chi connectivity index (χ0) is 13.1. The van der Waals surface area contributed by atoms with Gasteiger partial charge in [0.1, 0.15) is 0 Å². The third-order valence-electron chi connectivity index (χ3n) is 3.55. The van der Waals surface area contributed by atoms with Crippen LogP contribution in [0.1, 0.15) is 31.0 Å². The Bertz CT molecular complexity index is 392. The van der Waals surface area contributed by atoms with Crippen molar-refractivity contribution < 1.29 is 4.74 Å². The summed E-state index contributed by atoms with van der Waals surface area (Å²) in [6.07, 6.45) is 0.296. The van der Waals surface area contributed by atoms with Crippen molar-refractivity contribution in [2.45, 2.75) is 39.0 Å². The van der Waals surface area contributed by atoms with Crippen molar-refractivity contribution in [3.63, 3.8) is 0 Å². The molecule has 3 atom stereocenters. The predicted octanol–water partition coefficient (Wildman–Crippen LogP) is 2.10. The van der Waals surface area contributed by atoms with E-state index in [1.807, 2.05) is 0 Å². The lowest BCUT2D eigenvalue weighted by Crippen LogP contribution is -2.47. The Balaban J connectivity index is 2.22. The first kappa shape index (κ1) is 13.5. The molecule has 0 aliphatic carbocycles. The highest BCUT2D eigenvalue weighted by molar-refractivity contribution is 5.26. The SMILES string of the molecule is Cc1cccc(C(C(C)N)N2CCOC(C)C2)c1. The van der Waals surface area contributed by atoms with Crippen molar-refractivity contribution in [2.75, 3.05) is 19.7 Å². The third-order valence-corrected chi connectivity index (χ3v) is 3.55. The third kappa shape index (κ3) is 3.10. The molecule has 1 aliphatic heterocycles. The van der Waals surface area contributed by atoms with Crippen LogP contribution in [0.3, 0.4) is 0 Å². The van der Waals surface area contributed by atoms with E-state index in [1.165, 1.54) is 11.1 Å². The highest BCUT2D eigenvalue weighted by atomic mass is 16.5. The average Bonchev–Trinajstić information content (AvgIpc) is 2.28. The smallest absolute Gasteiger partial charge is 0.0674 e. The molecule has 1 heterocycles. The van der Waals surface area contributed by atoms with Gasteiger partial charge in [-0.1, -0.05) is 29.8 Å². The van der Waals surface area contributed by atoms with E-state index in [1.54, 1.807) is 0 Å². The van der Waals surface area contributed by atoms with Crippen molar-refractivity contribution in [3.05, 3.63) is 35.4 Å². The van der Waals surface area contributed by atoms with Crippen molar-refractivity contribution >= 4 is 0 Å². The largest absolute Gasteiger partial charge is 0.376 e. The maximum Gasteiger partial charge on any atom is 0.0674 e. The number of hydrogen-bond acceptors (Lipinski definition) is 3. The van der Waals surface area contributed by atoms with E-state index >= 15 is 0 Å². The maximum atomic E-state index is 6.21. The predicted molar refractivity (Wildman–Crippen MR) is 74.6 cm³/mol. The molecule has 1 saturated heterocycles. The molecule has 3 heteroatoms. The quantitative estimate of drug-likeness (QED) is 0.890. The van der Waals surface area contributed by atoms with Crippen LogP contribution < -0.4 is 5.73 Å². The summed E-state index contributed by atoms with van der Waals surface area (Å²) >= 11 is 0. The van der Waals surface area contributed by atoms with Gasteiger partial charge in [-0.2, -0.15) is 0 Å². The Labute approximate surface area is 110 Å². The molecular weight excluding hydrogens is 224 g/mol. The molecule has 18 heavy (non-hydrogen) atoms. The van der Waals surface area contributed by atoms with Crippen LogP contribution in [0, 0.1) is 6.92 Å². The Hall–Kier alpha value is -0.900. The van der Waals surface area contributed by atoms with Crippen LogP contribution in [-0.2, 0) is 4.74 Å². The van der Waals surface area contributed by atoms with Gasteiger partial charge in [0.05, 0.1) is 12.7 Å². The van der Waals surface area contributed by atoms with Crippen LogP contribution in [0.2, 0.25) is 0 Å². The van der Waals surface area contributed by atoms with Gasteiger partial charge in [-0.25, -0.2) is 0 Å². The van der Waals surface area contributed by atoms with Crippen LogP contribution in [0.25, 0.3) is 0 Å². The highest BCUT2D eigenvalue weighted by Crippen LogP contribution is 2.26. The van der Waals surface area contributed by atoms with E-state index in [0.717, 1.165) is 19.7 Å². The van der Waals surface area contributed by atoms with E-state index in [-0.39, 0.29) is 12.1 Å². The fraction of sp³-hybridized carbons (Fsp3) is 0.600. The Morgan fingerprint density at radius 2 is 2.22 bits per heavy atom. The van der Waals surface area contributed by atoms with E-state index in [0.29, 0.717) is 6.10 Å². The maximum absolute atomic E-state index is 6.21. The Morgan fingerprint density at radius 1 is 1.44 bits per heavy atom. The molecule has 1 aromatic rings. The Kier molecular flexibility index (Phi) is 4.38. The number of nitrogens with two attached hydrogens (primary N) is 1. The van der Waals surface area contributed by atoms with Crippen LogP contribution in [0.5, 0.6) is 0 Å². The van der Waals surface area contributed by atoms with Crippen molar-refractivity contribution in [3.8, 4) is 0 Å². The van der Waals surface area contributed by atoms with Crippen molar-refractivity contribution in [1.82, 2.24) is 4.90 Å². The molecule has 1 aromatic carbocycles. The van der Waals surface area contributed by atoms with E-state index < -0.39 is 0 Å². The average molecular weight is 248 g/mol. The fourth-order valence-electron chi connectivity index (χ4n) is 2.80. The molecule has 0 aromatic heterocycles. The number of nitrogens with zero attached hydrogens (tertiary/aromatic N) is 1. The van der Waals surface area contributed by atoms with Gasteiger partial charge in [0.25, 0.3) is 0 Å². The number of morpholine rings is 1. The van der Waals surface area contributed by atoms with E-state index in [9.17, 15) is 0 Å². The number of aryl methyl sites for hydroxylation is 1. The minimum atomic E-state index is 0.122. The number of benzene rings is 1. The zero-order valence-electron chi connectivity index (χ0n) is 11.6. The van der Waals surface area contributed by atoms with E-state index in [2.05, 4.69) is 49.9 Å². The molecule has 3 unspecified atom stereocenters. The molecule has 2 N–H and O–H groups in total. The van der Waals surface area contributed by atoms with Gasteiger partial charge in [0.15, 0.2) is 0 Å². The van der Waals surface area contributed by atoms with Crippen LogP contribution in [0.4, 0.5) is 0 Å².